The fourth-order valence-electron chi connectivity index (χ4n) is 2.85. The molecule has 1 saturated heterocycles. The van der Waals surface area contributed by atoms with Crippen molar-refractivity contribution in [2.45, 2.75) is 39.0 Å². The second kappa shape index (κ2) is 5.88. The van der Waals surface area contributed by atoms with Gasteiger partial charge in [-0.3, -0.25) is 0 Å². The fourth-order valence-corrected chi connectivity index (χ4v) is 2.85. The van der Waals surface area contributed by atoms with E-state index in [0.29, 0.717) is 5.92 Å². The molecule has 2 aromatic heterocycles. The monoisotopic (exact) mass is 284 g/mol. The molecule has 0 bridgehead atoms. The number of imidazole rings is 1. The van der Waals surface area contributed by atoms with Crippen molar-refractivity contribution < 1.29 is 0 Å². The first-order valence-corrected chi connectivity index (χ1v) is 7.89. The van der Waals surface area contributed by atoms with Crippen LogP contribution in [0.1, 0.15) is 44.7 Å². The van der Waals surface area contributed by atoms with Gasteiger partial charge in [-0.1, -0.05) is 13.0 Å². The van der Waals surface area contributed by atoms with Gasteiger partial charge in [0.2, 0.25) is 0 Å². The molecule has 0 spiro atoms. The maximum Gasteiger partial charge on any atom is 0.153 e. The molecule has 1 atom stereocenters. The van der Waals surface area contributed by atoms with Crippen molar-refractivity contribution in [2.24, 2.45) is 5.92 Å². The smallest absolute Gasteiger partial charge is 0.153 e. The summed E-state index contributed by atoms with van der Waals surface area (Å²) in [5, 5.41) is 4.79. The number of hydrogen-bond donors (Lipinski definition) is 0. The molecular weight excluding hydrogens is 260 g/mol. The van der Waals surface area contributed by atoms with Crippen LogP contribution in [0.5, 0.6) is 0 Å². The Kier molecular flexibility index (Phi) is 3.95. The zero-order valence-electron chi connectivity index (χ0n) is 13.0. The summed E-state index contributed by atoms with van der Waals surface area (Å²) >= 11 is 0. The second-order valence-corrected chi connectivity index (χ2v) is 6.17. The van der Waals surface area contributed by atoms with Crippen LogP contribution in [0.15, 0.2) is 31.0 Å². The summed E-state index contributed by atoms with van der Waals surface area (Å²) in [6.07, 6.45) is 7.61. The number of aromatic nitrogens is 3. The first-order valence-electron chi connectivity index (χ1n) is 7.89. The quantitative estimate of drug-likeness (QED) is 0.789. The van der Waals surface area contributed by atoms with Gasteiger partial charge in [-0.25, -0.2) is 9.50 Å². The van der Waals surface area contributed by atoms with Crippen LogP contribution in [0, 0.1) is 5.92 Å². The van der Waals surface area contributed by atoms with Gasteiger partial charge in [0.1, 0.15) is 5.82 Å². The van der Waals surface area contributed by atoms with E-state index >= 15 is 0 Å². The van der Waals surface area contributed by atoms with Crippen LogP contribution in [0.3, 0.4) is 0 Å². The van der Waals surface area contributed by atoms with E-state index in [1.165, 1.54) is 25.0 Å². The van der Waals surface area contributed by atoms with Gasteiger partial charge < -0.3 is 4.90 Å². The molecule has 0 amide bonds. The van der Waals surface area contributed by atoms with E-state index in [0.717, 1.165) is 30.5 Å². The molecule has 1 saturated carbocycles. The Bertz CT molecular complexity index is 627. The van der Waals surface area contributed by atoms with Gasteiger partial charge in [0.25, 0.3) is 0 Å². The normalized spacial score (nSPS) is 21.2. The summed E-state index contributed by atoms with van der Waals surface area (Å²) in [6.45, 7) is 9.82. The predicted molar refractivity (Wildman–Crippen MR) is 86.8 cm³/mol. The van der Waals surface area contributed by atoms with Crippen LogP contribution in [-0.4, -0.2) is 27.7 Å². The van der Waals surface area contributed by atoms with E-state index in [2.05, 4.69) is 40.0 Å². The highest BCUT2D eigenvalue weighted by atomic mass is 15.3. The van der Waals surface area contributed by atoms with Crippen LogP contribution in [-0.2, 0) is 0 Å². The van der Waals surface area contributed by atoms with Crippen LogP contribution in [0.25, 0.3) is 5.65 Å². The lowest BCUT2D eigenvalue weighted by molar-refractivity contribution is 0.658. The van der Waals surface area contributed by atoms with Gasteiger partial charge in [-0.2, -0.15) is 0 Å². The number of anilines is 1. The zero-order chi connectivity index (χ0) is 14.8. The minimum absolute atomic E-state index is 0.695. The summed E-state index contributed by atoms with van der Waals surface area (Å²) in [5.74, 6) is 2.58. The summed E-state index contributed by atoms with van der Waals surface area (Å²) in [4.78, 5) is 6.83. The standard InChI is InChI=1S/C14H18N4.C3H6/c1-10-6-7-17(9-10)14-5-4-13-15-8-12(11-2-3-11)18(13)16-14;1-3-2/h4-5,8,10-11H,2-3,6-7,9H2,1H3;3H,1H2,2H3/t10-;/m0./s1. The minimum atomic E-state index is 0.695. The molecule has 0 N–H and O–H groups in total. The Morgan fingerprint density at radius 1 is 1.29 bits per heavy atom. The Morgan fingerprint density at radius 2 is 2.05 bits per heavy atom. The lowest BCUT2D eigenvalue weighted by Gasteiger charge is -2.16. The van der Waals surface area contributed by atoms with Gasteiger partial charge in [-0.05, 0) is 44.2 Å². The summed E-state index contributed by atoms with van der Waals surface area (Å²) in [6, 6.07) is 4.20. The van der Waals surface area contributed by atoms with E-state index < -0.39 is 0 Å². The van der Waals surface area contributed by atoms with Gasteiger partial charge in [0, 0.05) is 19.0 Å². The topological polar surface area (TPSA) is 33.4 Å². The molecule has 0 aromatic carbocycles. The first kappa shape index (κ1) is 14.1. The summed E-state index contributed by atoms with van der Waals surface area (Å²) in [7, 11) is 0. The highest BCUT2D eigenvalue weighted by Crippen LogP contribution is 2.40. The van der Waals surface area contributed by atoms with Crippen LogP contribution in [0.4, 0.5) is 5.82 Å². The number of nitrogens with zero attached hydrogens (tertiary/aromatic N) is 4. The largest absolute Gasteiger partial charge is 0.355 e. The molecule has 112 valence electrons. The van der Waals surface area contributed by atoms with E-state index in [4.69, 9.17) is 5.10 Å². The lowest BCUT2D eigenvalue weighted by Crippen LogP contribution is -2.21. The molecule has 4 rings (SSSR count). The number of fused-ring (bicyclic) bond motifs is 1. The molecule has 1 aliphatic heterocycles. The molecule has 1 aliphatic carbocycles. The maximum absolute atomic E-state index is 4.79. The van der Waals surface area contributed by atoms with Crippen molar-refractivity contribution in [1.82, 2.24) is 14.6 Å². The van der Waals surface area contributed by atoms with Crippen LogP contribution in [0.2, 0.25) is 0 Å². The predicted octanol–water partition coefficient (Wildman–Crippen LogP) is 3.65. The Hall–Kier alpha value is -1.84. The highest BCUT2D eigenvalue weighted by Gasteiger charge is 2.28. The molecule has 4 heteroatoms. The fraction of sp³-hybridized carbons (Fsp3) is 0.529. The Morgan fingerprint density at radius 3 is 2.67 bits per heavy atom. The SMILES string of the molecule is C=CC.C[C@H]1CCN(c2ccc3ncc(C4CC4)n3n2)C1. The molecule has 3 heterocycles. The average molecular weight is 284 g/mol. The van der Waals surface area contributed by atoms with Crippen molar-refractivity contribution >= 4 is 11.5 Å². The molecule has 2 aromatic rings. The molecule has 2 fully saturated rings. The molecule has 0 radical (unpaired) electrons. The van der Waals surface area contributed by atoms with E-state index in [9.17, 15) is 0 Å². The number of allylic oxidation sites excluding steroid dienone is 1. The van der Waals surface area contributed by atoms with Crippen molar-refractivity contribution in [2.75, 3.05) is 18.0 Å². The Balaban J connectivity index is 0.000000409. The van der Waals surface area contributed by atoms with Gasteiger partial charge in [-0.15, -0.1) is 11.7 Å². The zero-order valence-corrected chi connectivity index (χ0v) is 13.0. The Labute approximate surface area is 126 Å². The first-order chi connectivity index (χ1) is 10.2. The number of rotatable bonds is 2. The van der Waals surface area contributed by atoms with Crippen molar-refractivity contribution in [3.8, 4) is 0 Å². The molecule has 2 aliphatic rings. The second-order valence-electron chi connectivity index (χ2n) is 6.17. The van der Waals surface area contributed by atoms with Crippen molar-refractivity contribution in [3.63, 3.8) is 0 Å². The van der Waals surface area contributed by atoms with Gasteiger partial charge >= 0.3 is 0 Å². The van der Waals surface area contributed by atoms with Crippen molar-refractivity contribution in [3.05, 3.63) is 36.7 Å². The third-order valence-electron chi connectivity index (χ3n) is 4.12. The van der Waals surface area contributed by atoms with E-state index in [1.807, 2.05) is 13.1 Å². The van der Waals surface area contributed by atoms with Gasteiger partial charge in [0.05, 0.1) is 11.9 Å². The maximum atomic E-state index is 4.79. The van der Waals surface area contributed by atoms with E-state index in [-0.39, 0.29) is 0 Å². The van der Waals surface area contributed by atoms with Crippen molar-refractivity contribution in [1.29, 1.82) is 0 Å². The summed E-state index contributed by atoms with van der Waals surface area (Å²) in [5.41, 5.74) is 2.27. The average Bonchev–Trinajstić information content (AvgIpc) is 3.08. The third kappa shape index (κ3) is 2.94. The van der Waals surface area contributed by atoms with Crippen LogP contribution < -0.4 is 4.90 Å². The highest BCUT2D eigenvalue weighted by molar-refractivity contribution is 5.48. The third-order valence-corrected chi connectivity index (χ3v) is 4.12. The number of hydrogen-bond acceptors (Lipinski definition) is 3. The summed E-state index contributed by atoms with van der Waals surface area (Å²) < 4.78 is 2.05. The lowest BCUT2D eigenvalue weighted by atomic mass is 10.2. The van der Waals surface area contributed by atoms with Crippen LogP contribution >= 0.6 is 0 Å². The minimum Gasteiger partial charge on any atom is -0.355 e. The molecular formula is C17H24N4. The molecule has 4 nitrogen and oxygen atoms in total. The van der Waals surface area contributed by atoms with Gasteiger partial charge in [0.15, 0.2) is 5.65 Å². The van der Waals surface area contributed by atoms with E-state index in [1.54, 1.807) is 6.08 Å². The molecule has 0 unspecified atom stereocenters. The molecule has 21 heavy (non-hydrogen) atoms.